The maximum atomic E-state index is 12.8. The number of nitrogens with zero attached hydrogens (tertiary/aromatic N) is 2. The van der Waals surface area contributed by atoms with Crippen molar-refractivity contribution in [3.8, 4) is 0 Å². The van der Waals surface area contributed by atoms with Gasteiger partial charge in [-0.2, -0.15) is 13.2 Å². The largest absolute Gasteiger partial charge is 0.471 e. The van der Waals surface area contributed by atoms with Crippen molar-refractivity contribution < 1.29 is 32.2 Å². The van der Waals surface area contributed by atoms with E-state index in [1.54, 1.807) is 20.8 Å². The molecule has 0 unspecified atom stereocenters. The maximum Gasteiger partial charge on any atom is 0.471 e. The number of hydrogen-bond donors (Lipinski definition) is 0. The Balaban J connectivity index is 2.67. The Hall–Kier alpha value is -1.51. The maximum absolute atomic E-state index is 12.8. The summed E-state index contributed by atoms with van der Waals surface area (Å²) in [7, 11) is 1.36. The molecule has 24 heavy (non-hydrogen) atoms. The number of alkyl halides is 3. The van der Waals surface area contributed by atoms with E-state index in [1.807, 2.05) is 0 Å². The summed E-state index contributed by atoms with van der Waals surface area (Å²) in [6.07, 6.45) is -4.88. The number of carbonyl (C=O) groups is 2. The van der Waals surface area contributed by atoms with Crippen LogP contribution in [-0.4, -0.2) is 73.0 Å². The summed E-state index contributed by atoms with van der Waals surface area (Å²) in [5, 5.41) is 0. The van der Waals surface area contributed by atoms with E-state index in [1.165, 1.54) is 12.0 Å². The molecular formula is C15H25F3N2O4. The van der Waals surface area contributed by atoms with Crippen molar-refractivity contribution in [3.05, 3.63) is 0 Å². The molecule has 1 heterocycles. The Labute approximate surface area is 139 Å². The lowest BCUT2D eigenvalue weighted by molar-refractivity contribution is -0.189. The number of ether oxygens (including phenoxy) is 2. The van der Waals surface area contributed by atoms with Crippen LogP contribution in [0.2, 0.25) is 0 Å². The first-order chi connectivity index (χ1) is 11.0. The molecule has 0 spiro atoms. The summed E-state index contributed by atoms with van der Waals surface area (Å²) in [5.41, 5.74) is -0.634. The van der Waals surface area contributed by atoms with E-state index in [2.05, 4.69) is 0 Å². The average molecular weight is 354 g/mol. The molecule has 1 aliphatic rings. The van der Waals surface area contributed by atoms with Crippen LogP contribution in [0.1, 0.15) is 33.6 Å². The Morgan fingerprint density at radius 3 is 2.12 bits per heavy atom. The smallest absolute Gasteiger partial charge is 0.444 e. The number of carbonyl (C=O) groups excluding carboxylic acids is 2. The molecule has 1 rings (SSSR count). The molecule has 1 aliphatic heterocycles. The average Bonchev–Trinajstić information content (AvgIpc) is 2.45. The third-order valence-electron chi connectivity index (χ3n) is 3.60. The molecule has 0 saturated carbocycles. The van der Waals surface area contributed by atoms with Crippen molar-refractivity contribution in [1.82, 2.24) is 9.80 Å². The van der Waals surface area contributed by atoms with Crippen LogP contribution in [0, 0.1) is 0 Å². The van der Waals surface area contributed by atoms with Crippen LogP contribution in [-0.2, 0) is 14.3 Å². The highest BCUT2D eigenvalue weighted by molar-refractivity contribution is 5.82. The number of amides is 2. The van der Waals surface area contributed by atoms with Gasteiger partial charge < -0.3 is 19.3 Å². The minimum absolute atomic E-state index is 0.0219. The van der Waals surface area contributed by atoms with Gasteiger partial charge in [0.05, 0.1) is 6.61 Å². The van der Waals surface area contributed by atoms with Crippen LogP contribution >= 0.6 is 0 Å². The standard InChI is InChI=1S/C15H25F3N2O4/c1-14(2,3)24-13(22)19-7-5-11(6-8-19)20(9-10-23-4)12(21)15(16,17)18/h11H,5-10H2,1-4H3. The van der Waals surface area contributed by atoms with E-state index < -0.39 is 29.8 Å². The van der Waals surface area contributed by atoms with E-state index in [0.29, 0.717) is 0 Å². The van der Waals surface area contributed by atoms with Crippen LogP contribution in [0.5, 0.6) is 0 Å². The van der Waals surface area contributed by atoms with E-state index in [0.717, 1.165) is 4.90 Å². The monoisotopic (exact) mass is 354 g/mol. The molecule has 0 aromatic rings. The predicted molar refractivity (Wildman–Crippen MR) is 80.5 cm³/mol. The highest BCUT2D eigenvalue weighted by atomic mass is 19.4. The zero-order valence-electron chi connectivity index (χ0n) is 14.5. The zero-order valence-corrected chi connectivity index (χ0v) is 14.5. The topological polar surface area (TPSA) is 59.1 Å². The SMILES string of the molecule is COCCN(C(=O)C(F)(F)F)C1CCN(C(=O)OC(C)(C)C)CC1. The van der Waals surface area contributed by atoms with Crippen LogP contribution in [0.4, 0.5) is 18.0 Å². The van der Waals surface area contributed by atoms with Gasteiger partial charge in [0.1, 0.15) is 5.60 Å². The molecule has 1 fully saturated rings. The van der Waals surface area contributed by atoms with Gasteiger partial charge in [0.25, 0.3) is 0 Å². The van der Waals surface area contributed by atoms with Gasteiger partial charge in [-0.15, -0.1) is 0 Å². The Bertz CT molecular complexity index is 441. The van der Waals surface area contributed by atoms with Crippen molar-refractivity contribution in [2.75, 3.05) is 33.4 Å². The number of rotatable bonds is 4. The third-order valence-corrected chi connectivity index (χ3v) is 3.60. The lowest BCUT2D eigenvalue weighted by Crippen LogP contribution is -2.53. The molecule has 6 nitrogen and oxygen atoms in total. The Morgan fingerprint density at radius 1 is 1.17 bits per heavy atom. The van der Waals surface area contributed by atoms with Gasteiger partial charge in [-0.3, -0.25) is 4.79 Å². The summed E-state index contributed by atoms with van der Waals surface area (Å²) in [6, 6.07) is -0.576. The van der Waals surface area contributed by atoms with Gasteiger partial charge >= 0.3 is 18.2 Å². The molecule has 0 N–H and O–H groups in total. The van der Waals surface area contributed by atoms with Crippen molar-refractivity contribution in [1.29, 1.82) is 0 Å². The predicted octanol–water partition coefficient (Wildman–Crippen LogP) is 2.42. The molecule has 2 amide bonds. The van der Waals surface area contributed by atoms with Crippen LogP contribution in [0.25, 0.3) is 0 Å². The van der Waals surface area contributed by atoms with Gasteiger partial charge in [0, 0.05) is 32.8 Å². The van der Waals surface area contributed by atoms with Crippen LogP contribution < -0.4 is 0 Å². The van der Waals surface area contributed by atoms with Gasteiger partial charge in [-0.25, -0.2) is 4.79 Å². The summed E-state index contributed by atoms with van der Waals surface area (Å²) in [4.78, 5) is 25.8. The highest BCUT2D eigenvalue weighted by Gasteiger charge is 2.45. The molecule has 0 radical (unpaired) electrons. The van der Waals surface area contributed by atoms with Crippen molar-refractivity contribution in [2.24, 2.45) is 0 Å². The molecule has 0 atom stereocenters. The number of likely N-dealkylation sites (tertiary alicyclic amines) is 1. The van der Waals surface area contributed by atoms with Crippen molar-refractivity contribution in [2.45, 2.75) is 51.4 Å². The minimum Gasteiger partial charge on any atom is -0.444 e. The summed E-state index contributed by atoms with van der Waals surface area (Å²) in [6.45, 7) is 5.60. The molecule has 0 aromatic heterocycles. The normalized spacial score (nSPS) is 16.9. The lowest BCUT2D eigenvalue weighted by Gasteiger charge is -2.39. The molecule has 9 heteroatoms. The Morgan fingerprint density at radius 2 is 1.71 bits per heavy atom. The second kappa shape index (κ2) is 8.04. The second-order valence-electron chi connectivity index (χ2n) is 6.69. The number of hydrogen-bond acceptors (Lipinski definition) is 4. The molecule has 0 aliphatic carbocycles. The molecule has 0 bridgehead atoms. The molecule has 1 saturated heterocycles. The van der Waals surface area contributed by atoms with Crippen molar-refractivity contribution in [3.63, 3.8) is 0 Å². The van der Waals surface area contributed by atoms with Crippen LogP contribution in [0.15, 0.2) is 0 Å². The molecular weight excluding hydrogens is 329 g/mol. The summed E-state index contributed by atoms with van der Waals surface area (Å²) < 4.78 is 48.3. The summed E-state index contributed by atoms with van der Waals surface area (Å²) in [5.74, 6) is -1.87. The van der Waals surface area contributed by atoms with E-state index in [4.69, 9.17) is 9.47 Å². The first-order valence-corrected chi connectivity index (χ1v) is 7.80. The quantitative estimate of drug-likeness (QED) is 0.778. The second-order valence-corrected chi connectivity index (χ2v) is 6.69. The van der Waals surface area contributed by atoms with E-state index >= 15 is 0 Å². The fourth-order valence-electron chi connectivity index (χ4n) is 2.49. The molecule has 0 aromatic carbocycles. The summed E-state index contributed by atoms with van der Waals surface area (Å²) >= 11 is 0. The zero-order chi connectivity index (χ0) is 18.5. The Kier molecular flexibility index (Phi) is 6.88. The highest BCUT2D eigenvalue weighted by Crippen LogP contribution is 2.25. The number of halogens is 3. The van der Waals surface area contributed by atoms with Gasteiger partial charge in [0.15, 0.2) is 0 Å². The van der Waals surface area contributed by atoms with Gasteiger partial charge in [-0.05, 0) is 33.6 Å². The first-order valence-electron chi connectivity index (χ1n) is 7.80. The van der Waals surface area contributed by atoms with Crippen LogP contribution in [0.3, 0.4) is 0 Å². The fraction of sp³-hybridized carbons (Fsp3) is 0.867. The van der Waals surface area contributed by atoms with E-state index in [-0.39, 0.29) is 39.1 Å². The minimum atomic E-state index is -4.92. The molecule has 140 valence electrons. The lowest BCUT2D eigenvalue weighted by atomic mass is 10.0. The first kappa shape index (κ1) is 20.5. The van der Waals surface area contributed by atoms with Gasteiger partial charge in [0.2, 0.25) is 0 Å². The van der Waals surface area contributed by atoms with Gasteiger partial charge in [-0.1, -0.05) is 0 Å². The third kappa shape index (κ3) is 6.18. The number of methoxy groups -OCH3 is 1. The number of piperidine rings is 1. The van der Waals surface area contributed by atoms with Crippen molar-refractivity contribution >= 4 is 12.0 Å². The van der Waals surface area contributed by atoms with E-state index in [9.17, 15) is 22.8 Å². The fourth-order valence-corrected chi connectivity index (χ4v) is 2.49.